The van der Waals surface area contributed by atoms with Crippen molar-refractivity contribution in [1.82, 2.24) is 14.8 Å². The van der Waals surface area contributed by atoms with Crippen LogP contribution in [0.4, 0.5) is 5.69 Å². The molecule has 3 aromatic rings. The molecule has 1 heterocycles. The molecule has 0 aliphatic carbocycles. The minimum Gasteiger partial charge on any atom is -0.385 e. The third-order valence-electron chi connectivity index (χ3n) is 5.64. The maximum Gasteiger partial charge on any atom is 0.241 e. The van der Waals surface area contributed by atoms with Crippen LogP contribution in [0.25, 0.3) is 21.8 Å². The first-order valence-corrected chi connectivity index (χ1v) is 10.7. The highest BCUT2D eigenvalue weighted by Crippen LogP contribution is 2.31. The number of likely N-dealkylation sites (N-methyl/N-ethyl adjacent to an activating group) is 1. The van der Waals surface area contributed by atoms with E-state index in [4.69, 9.17) is 4.74 Å². The second kappa shape index (κ2) is 10.4. The predicted octanol–water partition coefficient (Wildman–Crippen LogP) is 3.23. The quantitative estimate of drug-likeness (QED) is 0.490. The van der Waals surface area contributed by atoms with Crippen molar-refractivity contribution >= 4 is 39.3 Å². The Hall–Kier alpha value is -2.90. The average molecular weight is 425 g/mol. The van der Waals surface area contributed by atoms with Gasteiger partial charge in [0.15, 0.2) is 0 Å². The number of methoxy groups -OCH3 is 1. The van der Waals surface area contributed by atoms with Crippen LogP contribution in [0.2, 0.25) is 0 Å². The molecule has 0 fully saturated rings. The zero-order chi connectivity index (χ0) is 22.4. The van der Waals surface area contributed by atoms with Crippen molar-refractivity contribution in [2.24, 2.45) is 0 Å². The SMILES string of the molecule is CCn1c2ccccc2c2cc(NC(=O)C(C)N(C)CC(=O)NCCCOC)ccc21. The van der Waals surface area contributed by atoms with Gasteiger partial charge in [0.05, 0.1) is 12.6 Å². The smallest absolute Gasteiger partial charge is 0.241 e. The van der Waals surface area contributed by atoms with Crippen molar-refractivity contribution in [2.75, 3.05) is 39.2 Å². The van der Waals surface area contributed by atoms with Gasteiger partial charge >= 0.3 is 0 Å². The summed E-state index contributed by atoms with van der Waals surface area (Å²) in [5.74, 6) is -0.250. The summed E-state index contributed by atoms with van der Waals surface area (Å²) in [4.78, 5) is 26.6. The number of benzene rings is 2. The van der Waals surface area contributed by atoms with Gasteiger partial charge in [-0.05, 0) is 51.6 Å². The zero-order valence-corrected chi connectivity index (χ0v) is 18.8. The molecule has 7 heteroatoms. The highest BCUT2D eigenvalue weighted by atomic mass is 16.5. The second-order valence-corrected chi connectivity index (χ2v) is 7.77. The molecule has 7 nitrogen and oxygen atoms in total. The normalized spacial score (nSPS) is 12.4. The number of amides is 2. The molecule has 0 spiro atoms. The van der Waals surface area contributed by atoms with Gasteiger partial charge in [0.1, 0.15) is 0 Å². The molecule has 0 aliphatic rings. The molecule has 2 N–H and O–H groups in total. The molecule has 0 aliphatic heterocycles. The van der Waals surface area contributed by atoms with Gasteiger partial charge < -0.3 is 19.9 Å². The Bertz CT molecular complexity index is 1060. The zero-order valence-electron chi connectivity index (χ0n) is 18.8. The lowest BCUT2D eigenvalue weighted by atomic mass is 10.1. The van der Waals surface area contributed by atoms with Gasteiger partial charge in [-0.2, -0.15) is 0 Å². The fourth-order valence-corrected chi connectivity index (χ4v) is 3.78. The van der Waals surface area contributed by atoms with Crippen LogP contribution in [0.5, 0.6) is 0 Å². The van der Waals surface area contributed by atoms with Crippen molar-refractivity contribution < 1.29 is 14.3 Å². The average Bonchev–Trinajstić information content (AvgIpc) is 3.09. The molecule has 1 aromatic heterocycles. The van der Waals surface area contributed by atoms with Gasteiger partial charge in [-0.25, -0.2) is 0 Å². The lowest BCUT2D eigenvalue weighted by Crippen LogP contribution is -2.45. The van der Waals surface area contributed by atoms with E-state index in [0.29, 0.717) is 13.2 Å². The van der Waals surface area contributed by atoms with Crippen LogP contribution < -0.4 is 10.6 Å². The van der Waals surface area contributed by atoms with Crippen molar-refractivity contribution in [3.8, 4) is 0 Å². The molecule has 0 saturated carbocycles. The number of carbonyl (C=O) groups excluding carboxylic acids is 2. The van der Waals surface area contributed by atoms with Crippen LogP contribution in [0.3, 0.4) is 0 Å². The summed E-state index contributed by atoms with van der Waals surface area (Å²) in [5, 5.41) is 8.13. The maximum absolute atomic E-state index is 12.8. The molecule has 0 saturated heterocycles. The van der Waals surface area contributed by atoms with E-state index in [1.54, 1.807) is 26.0 Å². The first-order chi connectivity index (χ1) is 15.0. The molecule has 0 bridgehead atoms. The molecule has 2 amide bonds. The van der Waals surface area contributed by atoms with E-state index in [-0.39, 0.29) is 18.4 Å². The molecule has 1 unspecified atom stereocenters. The molecule has 3 rings (SSSR count). The summed E-state index contributed by atoms with van der Waals surface area (Å²) in [6.45, 7) is 6.14. The van der Waals surface area contributed by atoms with E-state index in [9.17, 15) is 9.59 Å². The van der Waals surface area contributed by atoms with Crippen LogP contribution in [0.15, 0.2) is 42.5 Å². The van der Waals surface area contributed by atoms with Gasteiger partial charge in [0.25, 0.3) is 0 Å². The Labute approximate surface area is 183 Å². The van der Waals surface area contributed by atoms with E-state index in [1.165, 1.54) is 10.9 Å². The number of aryl methyl sites for hydroxylation is 1. The summed E-state index contributed by atoms with van der Waals surface area (Å²) in [6.07, 6.45) is 0.763. The van der Waals surface area contributed by atoms with Crippen LogP contribution in [-0.2, 0) is 20.9 Å². The number of nitrogens with zero attached hydrogens (tertiary/aromatic N) is 2. The third kappa shape index (κ3) is 5.24. The van der Waals surface area contributed by atoms with Crippen LogP contribution in [0, 0.1) is 0 Å². The number of carbonyl (C=O) groups is 2. The lowest BCUT2D eigenvalue weighted by Gasteiger charge is -2.23. The number of fused-ring (bicyclic) bond motifs is 3. The topological polar surface area (TPSA) is 75.6 Å². The largest absolute Gasteiger partial charge is 0.385 e. The van der Waals surface area contributed by atoms with Crippen molar-refractivity contribution in [2.45, 2.75) is 32.9 Å². The minimum absolute atomic E-state index is 0.105. The first kappa shape index (κ1) is 22.8. The molecule has 31 heavy (non-hydrogen) atoms. The van der Waals surface area contributed by atoms with Gasteiger partial charge in [-0.1, -0.05) is 18.2 Å². The van der Waals surface area contributed by atoms with Crippen molar-refractivity contribution in [3.63, 3.8) is 0 Å². The maximum atomic E-state index is 12.8. The van der Waals surface area contributed by atoms with Gasteiger partial charge in [0, 0.05) is 54.3 Å². The molecule has 0 radical (unpaired) electrons. The van der Waals surface area contributed by atoms with E-state index in [0.717, 1.165) is 29.6 Å². The molecular formula is C24H32N4O3. The Kier molecular flexibility index (Phi) is 7.65. The van der Waals surface area contributed by atoms with E-state index in [2.05, 4.69) is 40.3 Å². The van der Waals surface area contributed by atoms with E-state index in [1.807, 2.05) is 24.3 Å². The monoisotopic (exact) mass is 424 g/mol. The van der Waals surface area contributed by atoms with Crippen LogP contribution in [-0.4, -0.2) is 61.2 Å². The fraction of sp³-hybridized carbons (Fsp3) is 0.417. The highest BCUT2D eigenvalue weighted by molar-refractivity contribution is 6.10. The number of para-hydroxylation sites is 1. The van der Waals surface area contributed by atoms with Crippen LogP contribution in [0.1, 0.15) is 20.3 Å². The standard InChI is InChI=1S/C24H32N4O3/c1-5-28-21-10-7-6-9-19(21)20-15-18(11-12-22(20)28)26-24(30)17(2)27(3)16-23(29)25-13-8-14-31-4/h6-7,9-12,15,17H,5,8,13-14,16H2,1-4H3,(H,25,29)(H,26,30). The number of rotatable bonds is 10. The predicted molar refractivity (Wildman–Crippen MR) is 125 cm³/mol. The Balaban J connectivity index is 1.67. The Morgan fingerprint density at radius 2 is 1.87 bits per heavy atom. The third-order valence-corrected chi connectivity index (χ3v) is 5.64. The second-order valence-electron chi connectivity index (χ2n) is 7.77. The molecule has 1 atom stereocenters. The Morgan fingerprint density at radius 3 is 2.61 bits per heavy atom. The summed E-state index contributed by atoms with van der Waals surface area (Å²) < 4.78 is 7.25. The highest BCUT2D eigenvalue weighted by Gasteiger charge is 2.20. The molecular weight excluding hydrogens is 392 g/mol. The summed E-state index contributed by atoms with van der Waals surface area (Å²) >= 11 is 0. The van der Waals surface area contributed by atoms with Crippen molar-refractivity contribution in [3.05, 3.63) is 42.5 Å². The number of nitrogens with one attached hydrogen (secondary N) is 2. The summed E-state index contributed by atoms with van der Waals surface area (Å²) in [6, 6.07) is 13.9. The Morgan fingerprint density at radius 1 is 1.13 bits per heavy atom. The number of hydrogen-bond donors (Lipinski definition) is 2. The van der Waals surface area contributed by atoms with Crippen LogP contribution >= 0.6 is 0 Å². The summed E-state index contributed by atoms with van der Waals surface area (Å²) in [7, 11) is 3.41. The molecule has 2 aromatic carbocycles. The van der Waals surface area contributed by atoms with E-state index < -0.39 is 6.04 Å². The lowest BCUT2D eigenvalue weighted by molar-refractivity contribution is -0.124. The summed E-state index contributed by atoms with van der Waals surface area (Å²) in [5.41, 5.74) is 3.09. The van der Waals surface area contributed by atoms with Crippen molar-refractivity contribution in [1.29, 1.82) is 0 Å². The first-order valence-electron chi connectivity index (χ1n) is 10.7. The fourth-order valence-electron chi connectivity index (χ4n) is 3.78. The molecule has 166 valence electrons. The van der Waals surface area contributed by atoms with Gasteiger partial charge in [-0.3, -0.25) is 14.5 Å². The number of aromatic nitrogens is 1. The number of hydrogen-bond acceptors (Lipinski definition) is 4. The minimum atomic E-state index is -0.447. The van der Waals surface area contributed by atoms with E-state index >= 15 is 0 Å². The number of ether oxygens (including phenoxy) is 1. The van der Waals surface area contributed by atoms with Gasteiger partial charge in [-0.15, -0.1) is 0 Å². The van der Waals surface area contributed by atoms with Gasteiger partial charge in [0.2, 0.25) is 11.8 Å². The number of anilines is 1.